The van der Waals surface area contributed by atoms with Gasteiger partial charge >= 0.3 is 11.6 Å². The summed E-state index contributed by atoms with van der Waals surface area (Å²) >= 11 is 0. The van der Waals surface area contributed by atoms with Crippen LogP contribution < -0.4 is 5.63 Å². The van der Waals surface area contributed by atoms with Crippen LogP contribution >= 0.6 is 0 Å². The zero-order chi connectivity index (χ0) is 15.9. The predicted octanol–water partition coefficient (Wildman–Crippen LogP) is 1.87. The van der Waals surface area contributed by atoms with E-state index in [1.807, 2.05) is 0 Å². The summed E-state index contributed by atoms with van der Waals surface area (Å²) in [5.74, 6) is -1.68. The lowest BCUT2D eigenvalue weighted by atomic mass is 10.1. The maximum absolute atomic E-state index is 12.6. The lowest BCUT2D eigenvalue weighted by Gasteiger charge is -2.26. The van der Waals surface area contributed by atoms with Crippen LogP contribution in [0.15, 0.2) is 39.5 Å². The molecule has 1 aromatic carbocycles. The second kappa shape index (κ2) is 5.29. The van der Waals surface area contributed by atoms with Gasteiger partial charge in [-0.1, -0.05) is 18.2 Å². The average Bonchev–Trinajstić information content (AvgIpc) is 3.31. The van der Waals surface area contributed by atoms with Gasteiger partial charge in [0.05, 0.1) is 0 Å². The van der Waals surface area contributed by atoms with Crippen LogP contribution in [0.3, 0.4) is 0 Å². The Labute approximate surface area is 126 Å². The third kappa shape index (κ3) is 2.47. The quantitative estimate of drug-likeness (QED) is 0.871. The Balaban J connectivity index is 2.05. The molecule has 1 unspecified atom stereocenters. The number of rotatable bonds is 4. The lowest BCUT2D eigenvalue weighted by molar-refractivity contribution is -0.141. The number of para-hydroxylation sites is 1. The fraction of sp³-hybridized carbons (Fsp3) is 0.312. The van der Waals surface area contributed by atoms with Crippen LogP contribution in [-0.2, 0) is 4.79 Å². The molecule has 1 N–H and O–H groups in total. The highest BCUT2D eigenvalue weighted by Gasteiger charge is 2.39. The van der Waals surface area contributed by atoms with Crippen molar-refractivity contribution in [3.8, 4) is 0 Å². The lowest BCUT2D eigenvalue weighted by Crippen LogP contribution is -2.46. The minimum Gasteiger partial charge on any atom is -0.480 e. The molecule has 6 nitrogen and oxygen atoms in total. The van der Waals surface area contributed by atoms with Gasteiger partial charge in [0.1, 0.15) is 17.2 Å². The molecule has 0 spiro atoms. The summed E-state index contributed by atoms with van der Waals surface area (Å²) in [6, 6.07) is 7.24. The van der Waals surface area contributed by atoms with Gasteiger partial charge in [-0.2, -0.15) is 0 Å². The van der Waals surface area contributed by atoms with Gasteiger partial charge in [0.2, 0.25) is 0 Å². The number of hydrogen-bond donors (Lipinski definition) is 1. The van der Waals surface area contributed by atoms with Gasteiger partial charge in [-0.15, -0.1) is 0 Å². The minimum absolute atomic E-state index is 0.121. The molecule has 1 aliphatic carbocycles. The largest absolute Gasteiger partial charge is 0.480 e. The summed E-state index contributed by atoms with van der Waals surface area (Å²) in [4.78, 5) is 37.2. The van der Waals surface area contributed by atoms with Crippen molar-refractivity contribution in [3.05, 3.63) is 46.3 Å². The maximum Gasteiger partial charge on any atom is 0.349 e. The van der Waals surface area contributed by atoms with E-state index >= 15 is 0 Å². The summed E-state index contributed by atoms with van der Waals surface area (Å²) < 4.78 is 5.15. The SMILES string of the molecule is CC(C(=O)O)N(C(=O)c1cc2ccccc2oc1=O)C1CC1. The zero-order valence-electron chi connectivity index (χ0n) is 12.0. The molecule has 1 heterocycles. The van der Waals surface area contributed by atoms with Gasteiger partial charge in [0.15, 0.2) is 0 Å². The first-order chi connectivity index (χ1) is 10.5. The molecule has 2 aromatic rings. The molecule has 3 rings (SSSR count). The number of carboxylic acid groups (broad SMARTS) is 1. The van der Waals surface area contributed by atoms with Crippen LogP contribution in [-0.4, -0.2) is 34.0 Å². The van der Waals surface area contributed by atoms with Crippen LogP contribution in [0, 0.1) is 0 Å². The average molecular weight is 301 g/mol. The van der Waals surface area contributed by atoms with Gasteiger partial charge < -0.3 is 14.4 Å². The smallest absolute Gasteiger partial charge is 0.349 e. The number of fused-ring (bicyclic) bond motifs is 1. The van der Waals surface area contributed by atoms with Crippen molar-refractivity contribution in [2.24, 2.45) is 0 Å². The maximum atomic E-state index is 12.6. The number of hydrogen-bond acceptors (Lipinski definition) is 4. The van der Waals surface area contributed by atoms with Crippen LogP contribution in [0.2, 0.25) is 0 Å². The Morgan fingerprint density at radius 2 is 2.00 bits per heavy atom. The van der Waals surface area contributed by atoms with Crippen molar-refractivity contribution >= 4 is 22.8 Å². The Morgan fingerprint density at radius 1 is 1.32 bits per heavy atom. The van der Waals surface area contributed by atoms with E-state index in [0.717, 1.165) is 12.8 Å². The monoisotopic (exact) mass is 301 g/mol. The van der Waals surface area contributed by atoms with Gasteiger partial charge in [0.25, 0.3) is 5.91 Å². The van der Waals surface area contributed by atoms with E-state index in [1.54, 1.807) is 24.3 Å². The number of amides is 1. The third-order valence-corrected chi connectivity index (χ3v) is 3.82. The Bertz CT molecular complexity index is 806. The van der Waals surface area contributed by atoms with E-state index in [1.165, 1.54) is 17.9 Å². The summed E-state index contributed by atoms with van der Waals surface area (Å²) in [7, 11) is 0. The number of nitrogens with zero attached hydrogens (tertiary/aromatic N) is 1. The Morgan fingerprint density at radius 3 is 2.64 bits per heavy atom. The molecule has 114 valence electrons. The van der Waals surface area contributed by atoms with Crippen LogP contribution in [0.25, 0.3) is 11.0 Å². The van der Waals surface area contributed by atoms with Gasteiger partial charge in [-0.25, -0.2) is 9.59 Å². The summed E-state index contributed by atoms with van der Waals surface area (Å²) in [6.45, 7) is 1.45. The number of benzene rings is 1. The summed E-state index contributed by atoms with van der Waals surface area (Å²) in [6.07, 6.45) is 1.50. The van der Waals surface area contributed by atoms with Gasteiger partial charge in [0, 0.05) is 11.4 Å². The molecule has 1 amide bonds. The standard InChI is InChI=1S/C16H15NO5/c1-9(15(19)20)17(11-6-7-11)14(18)12-8-10-4-2-3-5-13(10)22-16(12)21/h2-5,8-9,11H,6-7H2,1H3,(H,19,20). The van der Waals surface area contributed by atoms with Crippen LogP contribution in [0.4, 0.5) is 0 Å². The molecule has 1 fully saturated rings. The molecule has 0 bridgehead atoms. The summed E-state index contributed by atoms with van der Waals surface area (Å²) in [5.41, 5.74) is -0.473. The number of carbonyl (C=O) groups excluding carboxylic acids is 1. The molecule has 1 aromatic heterocycles. The van der Waals surface area contributed by atoms with Crippen molar-refractivity contribution in [3.63, 3.8) is 0 Å². The third-order valence-electron chi connectivity index (χ3n) is 3.82. The topological polar surface area (TPSA) is 87.8 Å². The van der Waals surface area contributed by atoms with E-state index in [2.05, 4.69) is 0 Å². The fourth-order valence-corrected chi connectivity index (χ4v) is 2.48. The predicted molar refractivity (Wildman–Crippen MR) is 78.8 cm³/mol. The first-order valence-electron chi connectivity index (χ1n) is 7.07. The molecule has 0 aliphatic heterocycles. The van der Waals surface area contributed by atoms with Gasteiger partial charge in [-0.3, -0.25) is 4.79 Å². The van der Waals surface area contributed by atoms with Gasteiger partial charge in [-0.05, 0) is 31.9 Å². The van der Waals surface area contributed by atoms with Crippen molar-refractivity contribution in [2.75, 3.05) is 0 Å². The Kier molecular flexibility index (Phi) is 3.44. The van der Waals surface area contributed by atoms with Crippen molar-refractivity contribution in [1.29, 1.82) is 0 Å². The first-order valence-corrected chi connectivity index (χ1v) is 7.07. The molecule has 1 saturated carbocycles. The molecule has 1 aliphatic rings. The van der Waals surface area contributed by atoms with E-state index in [-0.39, 0.29) is 11.6 Å². The molecule has 0 saturated heterocycles. The molecule has 1 atom stereocenters. The van der Waals surface area contributed by atoms with E-state index in [4.69, 9.17) is 4.42 Å². The molecular formula is C16H15NO5. The van der Waals surface area contributed by atoms with Crippen molar-refractivity contribution in [2.45, 2.75) is 31.8 Å². The number of carboxylic acids is 1. The summed E-state index contributed by atoms with van der Waals surface area (Å²) in [5, 5.41) is 9.80. The highest BCUT2D eigenvalue weighted by molar-refractivity contribution is 5.98. The number of aliphatic carboxylic acids is 1. The van der Waals surface area contributed by atoms with Crippen molar-refractivity contribution < 1.29 is 19.1 Å². The van der Waals surface area contributed by atoms with E-state index < -0.39 is 23.5 Å². The highest BCUT2D eigenvalue weighted by atomic mass is 16.4. The Hall–Kier alpha value is -2.63. The highest BCUT2D eigenvalue weighted by Crippen LogP contribution is 2.30. The second-order valence-electron chi connectivity index (χ2n) is 5.44. The van der Waals surface area contributed by atoms with Crippen molar-refractivity contribution in [1.82, 2.24) is 4.90 Å². The minimum atomic E-state index is -1.09. The normalized spacial score (nSPS) is 15.5. The van der Waals surface area contributed by atoms with Crippen LogP contribution in [0.5, 0.6) is 0 Å². The molecule has 22 heavy (non-hydrogen) atoms. The van der Waals surface area contributed by atoms with E-state index in [9.17, 15) is 19.5 Å². The van der Waals surface area contributed by atoms with Crippen LogP contribution in [0.1, 0.15) is 30.1 Å². The first kappa shape index (κ1) is 14.3. The second-order valence-corrected chi connectivity index (χ2v) is 5.44. The molecular weight excluding hydrogens is 286 g/mol. The molecule has 6 heteroatoms. The molecule has 0 radical (unpaired) electrons. The zero-order valence-corrected chi connectivity index (χ0v) is 12.0. The van der Waals surface area contributed by atoms with E-state index in [0.29, 0.717) is 11.0 Å². The number of carbonyl (C=O) groups is 2. The fourth-order valence-electron chi connectivity index (χ4n) is 2.48.